The summed E-state index contributed by atoms with van der Waals surface area (Å²) < 4.78 is 5.33. The van der Waals surface area contributed by atoms with E-state index in [0.29, 0.717) is 11.7 Å². The van der Waals surface area contributed by atoms with Crippen molar-refractivity contribution in [1.29, 1.82) is 0 Å². The molecule has 0 aromatic carbocycles. The lowest BCUT2D eigenvalue weighted by Crippen LogP contribution is -2.21. The van der Waals surface area contributed by atoms with Crippen LogP contribution in [0.15, 0.2) is 29.0 Å². The van der Waals surface area contributed by atoms with Crippen molar-refractivity contribution in [2.24, 2.45) is 0 Å². The average molecular weight is 229 g/mol. The van der Waals surface area contributed by atoms with E-state index in [0.717, 1.165) is 37.4 Å². The third-order valence-corrected chi connectivity index (χ3v) is 2.98. The van der Waals surface area contributed by atoms with Crippen LogP contribution in [0.3, 0.4) is 0 Å². The van der Waals surface area contributed by atoms with Crippen LogP contribution in [0.25, 0.3) is 11.4 Å². The molecule has 5 heteroatoms. The van der Waals surface area contributed by atoms with Crippen molar-refractivity contribution in [3.05, 3.63) is 30.4 Å². The maximum atomic E-state index is 5.33. The zero-order chi connectivity index (χ0) is 11.5. The average Bonchev–Trinajstić information content (AvgIpc) is 2.90. The minimum Gasteiger partial charge on any atom is -0.339 e. The maximum absolute atomic E-state index is 5.33. The minimum absolute atomic E-state index is 0.366. The van der Waals surface area contributed by atoms with Crippen LogP contribution in [0.2, 0.25) is 0 Å². The molecule has 1 radical (unpaired) electrons. The molecule has 3 heterocycles. The first-order chi connectivity index (χ1) is 8.43. The van der Waals surface area contributed by atoms with Gasteiger partial charge in [-0.05, 0) is 25.0 Å². The fourth-order valence-corrected chi connectivity index (χ4v) is 2.01. The summed E-state index contributed by atoms with van der Waals surface area (Å²) in [6, 6.07) is 3.79. The summed E-state index contributed by atoms with van der Waals surface area (Å²) in [4.78, 5) is 8.49. The first-order valence-electron chi connectivity index (χ1n) is 5.81. The van der Waals surface area contributed by atoms with Crippen LogP contribution >= 0.6 is 0 Å². The van der Waals surface area contributed by atoms with Crippen LogP contribution in [0.5, 0.6) is 0 Å². The normalized spacial score (nSPS) is 17.2. The summed E-state index contributed by atoms with van der Waals surface area (Å²) in [5.74, 6) is 1.72. The first kappa shape index (κ1) is 10.4. The molecule has 1 aliphatic heterocycles. The van der Waals surface area contributed by atoms with Crippen molar-refractivity contribution in [1.82, 2.24) is 20.4 Å². The molecule has 0 N–H and O–H groups in total. The summed E-state index contributed by atoms with van der Waals surface area (Å²) in [5.41, 5.74) is 0.892. The molecule has 0 atom stereocenters. The Balaban J connectivity index is 1.83. The second-order valence-electron chi connectivity index (χ2n) is 4.14. The standard InChI is InChI=1S/C12H13N4O/c1-2-10(8-14-5-1)11-15-12(17-16-11)9-3-6-13-7-4-9/h1-2,5,8-9H,3-4,6-7H2. The Hall–Kier alpha value is -1.75. The van der Waals surface area contributed by atoms with Gasteiger partial charge in [0.1, 0.15) is 0 Å². The number of aromatic nitrogens is 3. The summed E-state index contributed by atoms with van der Waals surface area (Å²) in [6.45, 7) is 1.80. The van der Waals surface area contributed by atoms with Crippen LogP contribution < -0.4 is 5.32 Å². The molecular formula is C12H13N4O. The number of pyridine rings is 1. The number of piperidine rings is 1. The van der Waals surface area contributed by atoms with Gasteiger partial charge < -0.3 is 4.52 Å². The minimum atomic E-state index is 0.366. The Kier molecular flexibility index (Phi) is 2.83. The predicted octanol–water partition coefficient (Wildman–Crippen LogP) is 1.61. The summed E-state index contributed by atoms with van der Waals surface area (Å²) in [5, 5.41) is 8.32. The SMILES string of the molecule is c1cncc(-c2noc(C3CC[N]CC3)n2)c1. The largest absolute Gasteiger partial charge is 0.339 e. The van der Waals surface area contributed by atoms with Gasteiger partial charge in [0.15, 0.2) is 0 Å². The fraction of sp³-hybridized carbons (Fsp3) is 0.417. The molecule has 87 valence electrons. The molecule has 2 aromatic heterocycles. The monoisotopic (exact) mass is 229 g/mol. The van der Waals surface area contributed by atoms with Gasteiger partial charge in [-0.25, -0.2) is 5.32 Å². The lowest BCUT2D eigenvalue weighted by Gasteiger charge is -2.17. The Morgan fingerprint density at radius 2 is 2.12 bits per heavy atom. The Bertz CT molecular complexity index is 476. The summed E-state index contributed by atoms with van der Waals surface area (Å²) in [7, 11) is 0. The first-order valence-corrected chi connectivity index (χ1v) is 5.81. The highest BCUT2D eigenvalue weighted by atomic mass is 16.5. The van der Waals surface area contributed by atoms with Gasteiger partial charge in [-0.3, -0.25) is 4.98 Å². The van der Waals surface area contributed by atoms with Crippen LogP contribution in [0, 0.1) is 0 Å². The molecule has 3 rings (SSSR count). The molecule has 2 aromatic rings. The highest BCUT2D eigenvalue weighted by Crippen LogP contribution is 2.25. The van der Waals surface area contributed by atoms with Crippen LogP contribution in [-0.4, -0.2) is 28.2 Å². The maximum Gasteiger partial charge on any atom is 0.230 e. The lowest BCUT2D eigenvalue weighted by molar-refractivity contribution is 0.319. The van der Waals surface area contributed by atoms with Gasteiger partial charge in [-0.15, -0.1) is 0 Å². The molecule has 5 nitrogen and oxygen atoms in total. The molecule has 17 heavy (non-hydrogen) atoms. The smallest absolute Gasteiger partial charge is 0.230 e. The van der Waals surface area contributed by atoms with Gasteiger partial charge in [-0.1, -0.05) is 5.16 Å². The van der Waals surface area contributed by atoms with Crippen molar-refractivity contribution in [2.45, 2.75) is 18.8 Å². The summed E-state index contributed by atoms with van der Waals surface area (Å²) in [6.07, 6.45) is 5.49. The van der Waals surface area contributed by atoms with Crippen LogP contribution in [0.1, 0.15) is 24.7 Å². The van der Waals surface area contributed by atoms with E-state index in [9.17, 15) is 0 Å². The van der Waals surface area contributed by atoms with Crippen LogP contribution in [-0.2, 0) is 0 Å². The zero-order valence-corrected chi connectivity index (χ0v) is 9.41. The Labute approximate surface area is 99.3 Å². The number of nitrogens with zero attached hydrogens (tertiary/aromatic N) is 4. The topological polar surface area (TPSA) is 65.9 Å². The highest BCUT2D eigenvalue weighted by molar-refractivity contribution is 5.51. The highest BCUT2D eigenvalue weighted by Gasteiger charge is 2.22. The zero-order valence-electron chi connectivity index (χ0n) is 9.41. The number of hydrogen-bond donors (Lipinski definition) is 0. The van der Waals surface area contributed by atoms with Crippen molar-refractivity contribution in [3.8, 4) is 11.4 Å². The molecule has 0 unspecified atom stereocenters. The molecule has 0 amide bonds. The molecular weight excluding hydrogens is 216 g/mol. The molecule has 0 spiro atoms. The van der Waals surface area contributed by atoms with E-state index in [-0.39, 0.29) is 0 Å². The van der Waals surface area contributed by atoms with Crippen LogP contribution in [0.4, 0.5) is 0 Å². The van der Waals surface area contributed by atoms with Gasteiger partial charge in [0, 0.05) is 37.0 Å². The van der Waals surface area contributed by atoms with Gasteiger partial charge in [0.2, 0.25) is 11.7 Å². The molecule has 0 bridgehead atoms. The van der Waals surface area contributed by atoms with Crippen molar-refractivity contribution >= 4 is 0 Å². The Morgan fingerprint density at radius 1 is 1.24 bits per heavy atom. The van der Waals surface area contributed by atoms with Gasteiger partial charge >= 0.3 is 0 Å². The second-order valence-corrected chi connectivity index (χ2v) is 4.14. The quantitative estimate of drug-likeness (QED) is 0.784. The van der Waals surface area contributed by atoms with Gasteiger partial charge in [0.25, 0.3) is 0 Å². The third-order valence-electron chi connectivity index (χ3n) is 2.98. The van der Waals surface area contributed by atoms with Gasteiger partial charge in [0.05, 0.1) is 0 Å². The van der Waals surface area contributed by atoms with E-state index >= 15 is 0 Å². The number of rotatable bonds is 2. The van der Waals surface area contributed by atoms with E-state index in [1.54, 1.807) is 12.4 Å². The third kappa shape index (κ3) is 2.19. The lowest BCUT2D eigenvalue weighted by atomic mass is 9.98. The summed E-state index contributed by atoms with van der Waals surface area (Å²) >= 11 is 0. The fourth-order valence-electron chi connectivity index (χ4n) is 2.01. The van der Waals surface area contributed by atoms with E-state index in [1.807, 2.05) is 12.1 Å². The van der Waals surface area contributed by atoms with Crippen molar-refractivity contribution in [2.75, 3.05) is 13.1 Å². The van der Waals surface area contributed by atoms with Crippen molar-refractivity contribution in [3.63, 3.8) is 0 Å². The molecule has 1 aliphatic rings. The van der Waals surface area contributed by atoms with Crippen molar-refractivity contribution < 1.29 is 4.52 Å². The van der Waals surface area contributed by atoms with E-state index in [4.69, 9.17) is 4.52 Å². The predicted molar refractivity (Wildman–Crippen MR) is 61.4 cm³/mol. The van der Waals surface area contributed by atoms with E-state index in [1.165, 1.54) is 0 Å². The second kappa shape index (κ2) is 4.63. The molecule has 1 fully saturated rings. The molecule has 0 saturated carbocycles. The van der Waals surface area contributed by atoms with E-state index < -0.39 is 0 Å². The Morgan fingerprint density at radius 3 is 2.88 bits per heavy atom. The van der Waals surface area contributed by atoms with Gasteiger partial charge in [-0.2, -0.15) is 4.98 Å². The van der Waals surface area contributed by atoms with E-state index in [2.05, 4.69) is 20.4 Å². The number of hydrogen-bond acceptors (Lipinski definition) is 4. The molecule has 1 saturated heterocycles. The molecule has 0 aliphatic carbocycles.